The molecule has 0 saturated heterocycles. The van der Waals surface area contributed by atoms with E-state index in [0.29, 0.717) is 23.5 Å². The summed E-state index contributed by atoms with van der Waals surface area (Å²) in [6.45, 7) is 0. The first kappa shape index (κ1) is 13.4. The van der Waals surface area contributed by atoms with Crippen LogP contribution in [0.15, 0.2) is 47.7 Å². The molecule has 0 saturated carbocycles. The van der Waals surface area contributed by atoms with E-state index in [9.17, 15) is 4.39 Å². The number of nitrogens with one attached hydrogen (secondary N) is 1. The molecule has 1 aromatic heterocycles. The highest BCUT2D eigenvalue weighted by atomic mass is 35.5. The molecule has 1 aliphatic carbocycles. The average Bonchev–Trinajstić information content (AvgIpc) is 2.42. The number of nitrogens with zero attached hydrogens (tertiary/aromatic N) is 1. The van der Waals surface area contributed by atoms with Gasteiger partial charge in [0.1, 0.15) is 10.9 Å². The molecule has 1 aliphatic rings. The van der Waals surface area contributed by atoms with Crippen molar-refractivity contribution >= 4 is 17.3 Å². The molecule has 0 spiro atoms. The second kappa shape index (κ2) is 5.75. The SMILES string of the molecule is COC1=CC=C(Nc2cc(Cl)ncc2F)CC1=CO. The van der Waals surface area contributed by atoms with Gasteiger partial charge in [0.25, 0.3) is 0 Å². The van der Waals surface area contributed by atoms with Crippen LogP contribution in [0.1, 0.15) is 6.42 Å². The molecule has 2 rings (SSSR count). The minimum absolute atomic E-state index is 0.200. The third-order valence-corrected chi connectivity index (χ3v) is 2.83. The summed E-state index contributed by atoms with van der Waals surface area (Å²) < 4.78 is 18.6. The van der Waals surface area contributed by atoms with Crippen molar-refractivity contribution in [1.29, 1.82) is 0 Å². The van der Waals surface area contributed by atoms with Gasteiger partial charge in [-0.1, -0.05) is 11.6 Å². The Labute approximate surface area is 114 Å². The fourth-order valence-corrected chi connectivity index (χ4v) is 1.87. The van der Waals surface area contributed by atoms with Crippen molar-refractivity contribution in [2.45, 2.75) is 6.42 Å². The van der Waals surface area contributed by atoms with Gasteiger partial charge in [0.15, 0.2) is 5.82 Å². The van der Waals surface area contributed by atoms with E-state index in [2.05, 4.69) is 10.3 Å². The maximum absolute atomic E-state index is 13.5. The van der Waals surface area contributed by atoms with Crippen molar-refractivity contribution in [2.24, 2.45) is 0 Å². The molecule has 0 aliphatic heterocycles. The lowest BCUT2D eigenvalue weighted by Gasteiger charge is -2.18. The van der Waals surface area contributed by atoms with Crippen LogP contribution < -0.4 is 5.32 Å². The molecule has 0 atom stereocenters. The molecule has 0 radical (unpaired) electrons. The fraction of sp³-hybridized carbons (Fsp3) is 0.154. The minimum atomic E-state index is -0.499. The Morgan fingerprint density at radius 3 is 3.00 bits per heavy atom. The van der Waals surface area contributed by atoms with Crippen molar-refractivity contribution < 1.29 is 14.2 Å². The monoisotopic (exact) mass is 282 g/mol. The Bertz CT molecular complexity index is 582. The molecular weight excluding hydrogens is 271 g/mol. The molecule has 4 nitrogen and oxygen atoms in total. The lowest BCUT2D eigenvalue weighted by molar-refractivity contribution is 0.294. The van der Waals surface area contributed by atoms with Crippen LogP contribution in [-0.4, -0.2) is 17.2 Å². The van der Waals surface area contributed by atoms with Crippen molar-refractivity contribution in [3.63, 3.8) is 0 Å². The van der Waals surface area contributed by atoms with Crippen molar-refractivity contribution in [1.82, 2.24) is 4.98 Å². The summed E-state index contributed by atoms with van der Waals surface area (Å²) in [5.74, 6) is 0.0719. The van der Waals surface area contributed by atoms with Crippen LogP contribution in [0.3, 0.4) is 0 Å². The van der Waals surface area contributed by atoms with Crippen LogP contribution >= 0.6 is 11.6 Å². The molecule has 19 heavy (non-hydrogen) atoms. The second-order valence-corrected chi connectivity index (χ2v) is 4.26. The van der Waals surface area contributed by atoms with Crippen LogP contribution in [-0.2, 0) is 4.74 Å². The number of aliphatic hydroxyl groups is 1. The minimum Gasteiger partial charge on any atom is -0.515 e. The lowest BCUT2D eigenvalue weighted by atomic mass is 10.0. The van der Waals surface area contributed by atoms with Gasteiger partial charge < -0.3 is 15.2 Å². The fourth-order valence-electron chi connectivity index (χ4n) is 1.71. The summed E-state index contributed by atoms with van der Waals surface area (Å²) in [5.41, 5.74) is 1.55. The summed E-state index contributed by atoms with van der Waals surface area (Å²) in [5, 5.41) is 12.2. The number of halogens is 2. The molecular formula is C13H12ClFN2O2. The average molecular weight is 283 g/mol. The van der Waals surface area contributed by atoms with Crippen molar-refractivity contribution in [2.75, 3.05) is 12.4 Å². The topological polar surface area (TPSA) is 54.4 Å². The molecule has 0 unspecified atom stereocenters. The first-order chi connectivity index (χ1) is 9.13. The van der Waals surface area contributed by atoms with E-state index in [-0.39, 0.29) is 10.8 Å². The van der Waals surface area contributed by atoms with E-state index in [0.717, 1.165) is 12.5 Å². The quantitative estimate of drug-likeness (QED) is 0.658. The summed E-state index contributed by atoms with van der Waals surface area (Å²) >= 11 is 5.72. The summed E-state index contributed by atoms with van der Waals surface area (Å²) in [6, 6.07) is 1.40. The lowest BCUT2D eigenvalue weighted by Crippen LogP contribution is -2.08. The number of allylic oxidation sites excluding steroid dienone is 4. The predicted octanol–water partition coefficient (Wildman–Crippen LogP) is 3.55. The molecule has 1 aromatic rings. The van der Waals surface area contributed by atoms with Crippen LogP contribution in [0.5, 0.6) is 0 Å². The van der Waals surface area contributed by atoms with Gasteiger partial charge in [0, 0.05) is 23.8 Å². The van der Waals surface area contributed by atoms with Gasteiger partial charge in [-0.3, -0.25) is 0 Å². The van der Waals surface area contributed by atoms with E-state index in [4.69, 9.17) is 21.4 Å². The maximum atomic E-state index is 13.5. The van der Waals surface area contributed by atoms with Gasteiger partial charge in [-0.05, 0) is 12.2 Å². The van der Waals surface area contributed by atoms with Gasteiger partial charge >= 0.3 is 0 Å². The van der Waals surface area contributed by atoms with Crippen LogP contribution in [0.25, 0.3) is 0 Å². The van der Waals surface area contributed by atoms with Crippen molar-refractivity contribution in [3.8, 4) is 0 Å². The third-order valence-electron chi connectivity index (χ3n) is 2.63. The number of pyridine rings is 1. The number of aliphatic hydroxyl groups excluding tert-OH is 1. The Kier molecular flexibility index (Phi) is 4.06. The van der Waals surface area contributed by atoms with Crippen LogP contribution in [0.2, 0.25) is 5.15 Å². The Hall–Kier alpha value is -2.01. The zero-order chi connectivity index (χ0) is 13.8. The number of rotatable bonds is 3. The Morgan fingerprint density at radius 2 is 2.32 bits per heavy atom. The third kappa shape index (κ3) is 3.06. The van der Waals surface area contributed by atoms with Crippen molar-refractivity contribution in [3.05, 3.63) is 58.7 Å². The maximum Gasteiger partial charge on any atom is 0.164 e. The number of aromatic nitrogens is 1. The zero-order valence-corrected chi connectivity index (χ0v) is 10.9. The first-order valence-corrected chi connectivity index (χ1v) is 5.88. The van der Waals surface area contributed by atoms with Crippen LogP contribution in [0, 0.1) is 5.82 Å². The molecule has 100 valence electrons. The summed E-state index contributed by atoms with van der Waals surface area (Å²) in [7, 11) is 1.52. The molecule has 2 N–H and O–H groups in total. The number of ether oxygens (including phenoxy) is 1. The number of methoxy groups -OCH3 is 1. The normalized spacial score (nSPS) is 16.9. The van der Waals surface area contributed by atoms with E-state index in [1.165, 1.54) is 13.2 Å². The highest BCUT2D eigenvalue weighted by Gasteiger charge is 2.14. The molecule has 0 bridgehead atoms. The number of hydrogen-bond acceptors (Lipinski definition) is 4. The smallest absolute Gasteiger partial charge is 0.164 e. The molecule has 1 heterocycles. The highest BCUT2D eigenvalue weighted by Crippen LogP contribution is 2.27. The largest absolute Gasteiger partial charge is 0.515 e. The van der Waals surface area contributed by atoms with Gasteiger partial charge in [-0.2, -0.15) is 0 Å². The van der Waals surface area contributed by atoms with Gasteiger partial charge in [-0.15, -0.1) is 0 Å². The first-order valence-electron chi connectivity index (χ1n) is 5.50. The molecule has 6 heteroatoms. The van der Waals surface area contributed by atoms with Crippen LogP contribution in [0.4, 0.5) is 10.1 Å². The van der Waals surface area contributed by atoms with E-state index in [1.54, 1.807) is 12.2 Å². The van der Waals surface area contributed by atoms with Gasteiger partial charge in [0.2, 0.25) is 0 Å². The zero-order valence-electron chi connectivity index (χ0n) is 10.2. The van der Waals surface area contributed by atoms with E-state index in [1.807, 2.05) is 0 Å². The summed E-state index contributed by atoms with van der Waals surface area (Å²) in [6.07, 6.45) is 5.86. The van der Waals surface area contributed by atoms with Gasteiger partial charge in [0.05, 0.1) is 25.3 Å². The van der Waals surface area contributed by atoms with E-state index < -0.39 is 5.82 Å². The molecule has 0 fully saturated rings. The number of anilines is 1. The number of hydrogen-bond donors (Lipinski definition) is 2. The van der Waals surface area contributed by atoms with Gasteiger partial charge in [-0.25, -0.2) is 9.37 Å². The summed E-state index contributed by atoms with van der Waals surface area (Å²) in [4.78, 5) is 3.64. The predicted molar refractivity (Wildman–Crippen MR) is 71.3 cm³/mol. The standard InChI is InChI=1S/C13H12ClFN2O2/c1-19-12-3-2-9(4-8(12)7-18)17-11-5-13(14)16-6-10(11)15/h2-3,5-7,18H,4H2,1H3,(H,16,17). The highest BCUT2D eigenvalue weighted by molar-refractivity contribution is 6.29. The van der Waals surface area contributed by atoms with E-state index >= 15 is 0 Å². The Morgan fingerprint density at radius 1 is 1.53 bits per heavy atom. The Balaban J connectivity index is 2.23. The second-order valence-electron chi connectivity index (χ2n) is 3.87. The molecule has 0 amide bonds. The molecule has 0 aromatic carbocycles.